The molecule has 1 aliphatic heterocycles. The van der Waals surface area contributed by atoms with Gasteiger partial charge in [0.25, 0.3) is 6.01 Å². The van der Waals surface area contributed by atoms with E-state index in [0.29, 0.717) is 16.7 Å². The third-order valence-electron chi connectivity index (χ3n) is 4.22. The monoisotopic (exact) mass is 341 g/mol. The van der Waals surface area contributed by atoms with Crippen LogP contribution in [0.25, 0.3) is 11.1 Å². The standard InChI is InChI=1S/C18H16ClN3O2/c19-12-6-1-2-7-13(12)20-17(23)15-9-5-11-22(15)18-21-14-8-3-4-10-16(14)24-18/h1-4,6-8,10,15H,5,9,11H2,(H,20,23)/t15-/m1/s1. The van der Waals surface area contributed by atoms with E-state index in [0.717, 1.165) is 30.5 Å². The quantitative estimate of drug-likeness (QED) is 0.779. The number of carbonyl (C=O) groups is 1. The summed E-state index contributed by atoms with van der Waals surface area (Å²) in [5, 5.41) is 3.43. The van der Waals surface area contributed by atoms with Gasteiger partial charge in [-0.25, -0.2) is 0 Å². The van der Waals surface area contributed by atoms with Gasteiger partial charge < -0.3 is 14.6 Å². The number of benzene rings is 2. The van der Waals surface area contributed by atoms with Gasteiger partial charge >= 0.3 is 0 Å². The van der Waals surface area contributed by atoms with Crippen molar-refractivity contribution < 1.29 is 9.21 Å². The zero-order valence-electron chi connectivity index (χ0n) is 12.9. The number of carbonyl (C=O) groups excluding carboxylic acids is 1. The molecule has 0 aliphatic carbocycles. The lowest BCUT2D eigenvalue weighted by Crippen LogP contribution is -2.39. The molecule has 5 nitrogen and oxygen atoms in total. The first-order valence-electron chi connectivity index (χ1n) is 7.90. The van der Waals surface area contributed by atoms with Crippen molar-refractivity contribution in [2.24, 2.45) is 0 Å². The number of hydrogen-bond donors (Lipinski definition) is 1. The van der Waals surface area contributed by atoms with Crippen molar-refractivity contribution in [3.63, 3.8) is 0 Å². The molecule has 1 saturated heterocycles. The van der Waals surface area contributed by atoms with Crippen LogP contribution in [0.4, 0.5) is 11.7 Å². The number of hydrogen-bond acceptors (Lipinski definition) is 4. The van der Waals surface area contributed by atoms with Gasteiger partial charge in [0, 0.05) is 6.54 Å². The largest absolute Gasteiger partial charge is 0.423 e. The van der Waals surface area contributed by atoms with Crippen molar-refractivity contribution >= 4 is 40.3 Å². The molecule has 0 spiro atoms. The van der Waals surface area contributed by atoms with Crippen LogP contribution in [0.2, 0.25) is 5.02 Å². The average Bonchev–Trinajstić information content (AvgIpc) is 3.23. The fraction of sp³-hybridized carbons (Fsp3) is 0.222. The Labute approximate surface area is 144 Å². The van der Waals surface area contributed by atoms with Crippen LogP contribution in [0.1, 0.15) is 12.8 Å². The number of para-hydroxylation sites is 3. The first-order chi connectivity index (χ1) is 11.7. The Hall–Kier alpha value is -2.53. The molecule has 1 atom stereocenters. The number of nitrogens with one attached hydrogen (secondary N) is 1. The van der Waals surface area contributed by atoms with E-state index in [9.17, 15) is 4.79 Å². The number of fused-ring (bicyclic) bond motifs is 1. The van der Waals surface area contributed by atoms with E-state index in [1.54, 1.807) is 12.1 Å². The number of amides is 1. The Morgan fingerprint density at radius 3 is 2.83 bits per heavy atom. The van der Waals surface area contributed by atoms with Crippen LogP contribution >= 0.6 is 11.6 Å². The summed E-state index contributed by atoms with van der Waals surface area (Å²) in [5.41, 5.74) is 2.14. The van der Waals surface area contributed by atoms with Gasteiger partial charge in [-0.2, -0.15) is 4.98 Å². The summed E-state index contributed by atoms with van der Waals surface area (Å²) < 4.78 is 5.82. The Kier molecular flexibility index (Phi) is 3.86. The lowest BCUT2D eigenvalue weighted by molar-refractivity contribution is -0.117. The van der Waals surface area contributed by atoms with E-state index in [2.05, 4.69) is 10.3 Å². The van der Waals surface area contributed by atoms with Gasteiger partial charge in [0.1, 0.15) is 11.6 Å². The van der Waals surface area contributed by atoms with Crippen molar-refractivity contribution in [3.8, 4) is 0 Å². The molecule has 0 bridgehead atoms. The summed E-state index contributed by atoms with van der Waals surface area (Å²) >= 11 is 6.12. The van der Waals surface area contributed by atoms with Crippen molar-refractivity contribution in [1.82, 2.24) is 4.98 Å². The number of anilines is 2. The zero-order chi connectivity index (χ0) is 16.5. The molecular weight excluding hydrogens is 326 g/mol. The summed E-state index contributed by atoms with van der Waals surface area (Å²) in [5.74, 6) is -0.0946. The summed E-state index contributed by atoms with van der Waals surface area (Å²) in [6, 6.07) is 15.0. The Morgan fingerprint density at radius 1 is 1.21 bits per heavy atom. The maximum atomic E-state index is 12.7. The fourth-order valence-electron chi connectivity index (χ4n) is 3.03. The van der Waals surface area contributed by atoms with Gasteiger partial charge in [-0.15, -0.1) is 0 Å². The molecule has 0 saturated carbocycles. The molecule has 4 rings (SSSR count). The van der Waals surface area contributed by atoms with Crippen molar-refractivity contribution in [1.29, 1.82) is 0 Å². The molecule has 3 aromatic rings. The van der Waals surface area contributed by atoms with E-state index in [1.165, 1.54) is 0 Å². The minimum atomic E-state index is -0.311. The third kappa shape index (κ3) is 2.71. The Balaban J connectivity index is 1.58. The predicted molar refractivity (Wildman–Crippen MR) is 94.5 cm³/mol. The lowest BCUT2D eigenvalue weighted by Gasteiger charge is -2.22. The maximum absolute atomic E-state index is 12.7. The van der Waals surface area contributed by atoms with Gasteiger partial charge in [-0.3, -0.25) is 4.79 Å². The average molecular weight is 342 g/mol. The summed E-state index contributed by atoms with van der Waals surface area (Å²) in [4.78, 5) is 19.1. The van der Waals surface area contributed by atoms with Crippen LogP contribution in [0, 0.1) is 0 Å². The molecule has 2 heterocycles. The van der Waals surface area contributed by atoms with Gasteiger partial charge in [-0.05, 0) is 37.1 Å². The normalized spacial score (nSPS) is 17.4. The van der Waals surface area contributed by atoms with Crippen LogP contribution in [0.15, 0.2) is 52.9 Å². The highest BCUT2D eigenvalue weighted by atomic mass is 35.5. The van der Waals surface area contributed by atoms with Gasteiger partial charge in [-0.1, -0.05) is 35.9 Å². The maximum Gasteiger partial charge on any atom is 0.299 e. The van der Waals surface area contributed by atoms with Gasteiger partial charge in [0.2, 0.25) is 5.91 Å². The highest BCUT2D eigenvalue weighted by Crippen LogP contribution is 2.29. The van der Waals surface area contributed by atoms with Crippen molar-refractivity contribution in [2.75, 3.05) is 16.8 Å². The molecule has 1 N–H and O–H groups in total. The number of nitrogens with zero attached hydrogens (tertiary/aromatic N) is 2. The number of halogens is 1. The first-order valence-corrected chi connectivity index (χ1v) is 8.28. The molecule has 122 valence electrons. The summed E-state index contributed by atoms with van der Waals surface area (Å²) in [6.07, 6.45) is 1.67. The van der Waals surface area contributed by atoms with Gasteiger partial charge in [0.05, 0.1) is 10.7 Å². The van der Waals surface area contributed by atoms with E-state index in [-0.39, 0.29) is 11.9 Å². The van der Waals surface area contributed by atoms with Crippen LogP contribution in [0.5, 0.6) is 0 Å². The van der Waals surface area contributed by atoms with Crippen LogP contribution in [0.3, 0.4) is 0 Å². The molecule has 0 unspecified atom stereocenters. The third-order valence-corrected chi connectivity index (χ3v) is 4.55. The van der Waals surface area contributed by atoms with Crippen LogP contribution < -0.4 is 10.2 Å². The molecule has 1 aromatic heterocycles. The molecule has 2 aromatic carbocycles. The SMILES string of the molecule is O=C(Nc1ccccc1Cl)[C@H]1CCCN1c1nc2ccccc2o1. The predicted octanol–water partition coefficient (Wildman–Crippen LogP) is 4.09. The minimum absolute atomic E-state index is 0.0946. The topological polar surface area (TPSA) is 58.4 Å². The van der Waals surface area contributed by atoms with Crippen LogP contribution in [-0.2, 0) is 4.79 Å². The second kappa shape index (κ2) is 6.17. The van der Waals surface area contributed by atoms with E-state index in [1.807, 2.05) is 41.3 Å². The number of rotatable bonds is 3. The van der Waals surface area contributed by atoms with E-state index >= 15 is 0 Å². The van der Waals surface area contributed by atoms with Crippen LogP contribution in [-0.4, -0.2) is 23.5 Å². The van der Waals surface area contributed by atoms with E-state index in [4.69, 9.17) is 16.0 Å². The highest BCUT2D eigenvalue weighted by Gasteiger charge is 2.34. The van der Waals surface area contributed by atoms with Gasteiger partial charge in [0.15, 0.2) is 5.58 Å². The molecule has 1 amide bonds. The molecule has 1 aliphatic rings. The van der Waals surface area contributed by atoms with Crippen molar-refractivity contribution in [3.05, 3.63) is 53.6 Å². The lowest BCUT2D eigenvalue weighted by atomic mass is 10.2. The smallest absolute Gasteiger partial charge is 0.299 e. The summed E-state index contributed by atoms with van der Waals surface area (Å²) in [6.45, 7) is 0.743. The molecule has 24 heavy (non-hydrogen) atoms. The molecule has 6 heteroatoms. The zero-order valence-corrected chi connectivity index (χ0v) is 13.7. The molecule has 1 fully saturated rings. The molecular formula is C18H16ClN3O2. The Morgan fingerprint density at radius 2 is 2.00 bits per heavy atom. The second-order valence-corrected chi connectivity index (χ2v) is 6.19. The molecule has 0 radical (unpaired) electrons. The minimum Gasteiger partial charge on any atom is -0.423 e. The number of oxazole rings is 1. The Bertz CT molecular complexity index is 860. The number of aromatic nitrogens is 1. The first kappa shape index (κ1) is 15.0. The summed E-state index contributed by atoms with van der Waals surface area (Å²) in [7, 11) is 0. The van der Waals surface area contributed by atoms with Crippen molar-refractivity contribution in [2.45, 2.75) is 18.9 Å². The second-order valence-electron chi connectivity index (χ2n) is 5.78. The fourth-order valence-corrected chi connectivity index (χ4v) is 3.21. The van der Waals surface area contributed by atoms with E-state index < -0.39 is 0 Å². The highest BCUT2D eigenvalue weighted by molar-refractivity contribution is 6.33.